The zero-order chi connectivity index (χ0) is 15.6. The lowest BCUT2D eigenvalue weighted by Crippen LogP contribution is -2.07. The van der Waals surface area contributed by atoms with E-state index in [0.717, 1.165) is 18.2 Å². The first-order chi connectivity index (χ1) is 9.83. The molecule has 0 atom stereocenters. The molecule has 0 saturated heterocycles. The third kappa shape index (κ3) is 3.23. The van der Waals surface area contributed by atoms with Crippen LogP contribution in [0.2, 0.25) is 0 Å². The summed E-state index contributed by atoms with van der Waals surface area (Å²) in [7, 11) is -4.06. The molecule has 0 aliphatic carbocycles. The lowest BCUT2D eigenvalue weighted by molar-refractivity contribution is 0.504. The van der Waals surface area contributed by atoms with Crippen LogP contribution in [0.4, 0.5) is 13.2 Å². The molecule has 0 bridgehead atoms. The highest BCUT2D eigenvalue weighted by molar-refractivity contribution is 7.90. The molecule has 0 N–H and O–H groups in total. The van der Waals surface area contributed by atoms with Gasteiger partial charge in [0, 0.05) is 5.56 Å². The lowest BCUT2D eigenvalue weighted by Gasteiger charge is -2.06. The Morgan fingerprint density at radius 1 is 0.952 bits per heavy atom. The summed E-state index contributed by atoms with van der Waals surface area (Å²) < 4.78 is 63.6. The van der Waals surface area contributed by atoms with Crippen molar-refractivity contribution in [3.8, 4) is 6.07 Å². The molecule has 0 heterocycles. The molecular weight excluding hydrogens is 303 g/mol. The van der Waals surface area contributed by atoms with Crippen molar-refractivity contribution in [1.29, 1.82) is 5.26 Å². The molecule has 7 heteroatoms. The van der Waals surface area contributed by atoms with E-state index in [9.17, 15) is 21.6 Å². The van der Waals surface area contributed by atoms with Gasteiger partial charge in [0.1, 0.15) is 5.82 Å². The van der Waals surface area contributed by atoms with Crippen LogP contribution in [0.3, 0.4) is 0 Å². The number of sulfone groups is 1. The van der Waals surface area contributed by atoms with Gasteiger partial charge in [-0.05, 0) is 36.4 Å². The summed E-state index contributed by atoms with van der Waals surface area (Å²) in [6.07, 6.45) is 0. The highest BCUT2D eigenvalue weighted by atomic mass is 32.2. The number of hydrogen-bond donors (Lipinski definition) is 0. The van der Waals surface area contributed by atoms with Crippen molar-refractivity contribution in [1.82, 2.24) is 0 Å². The van der Waals surface area contributed by atoms with Gasteiger partial charge in [0.25, 0.3) is 0 Å². The first kappa shape index (κ1) is 15.1. The Bertz CT molecular complexity index is 842. The van der Waals surface area contributed by atoms with E-state index >= 15 is 0 Å². The van der Waals surface area contributed by atoms with Crippen LogP contribution in [0, 0.1) is 28.8 Å². The van der Waals surface area contributed by atoms with Gasteiger partial charge >= 0.3 is 0 Å². The maximum Gasteiger partial charge on any atom is 0.182 e. The maximum absolute atomic E-state index is 13.6. The summed E-state index contributed by atoms with van der Waals surface area (Å²) in [4.78, 5) is -0.455. The molecule has 2 aromatic rings. The molecule has 0 aliphatic heterocycles. The van der Waals surface area contributed by atoms with Gasteiger partial charge in [0.15, 0.2) is 21.5 Å². The summed E-state index contributed by atoms with van der Waals surface area (Å²) in [5, 5.41) is 8.72. The molecule has 0 aromatic heterocycles. The minimum absolute atomic E-state index is 0.104. The van der Waals surface area contributed by atoms with Gasteiger partial charge in [0.2, 0.25) is 0 Å². The van der Waals surface area contributed by atoms with E-state index in [4.69, 9.17) is 5.26 Å². The van der Waals surface area contributed by atoms with Crippen LogP contribution in [-0.4, -0.2) is 8.42 Å². The Morgan fingerprint density at radius 2 is 1.62 bits per heavy atom. The monoisotopic (exact) mass is 311 g/mol. The molecule has 108 valence electrons. The van der Waals surface area contributed by atoms with Crippen molar-refractivity contribution in [2.24, 2.45) is 0 Å². The zero-order valence-corrected chi connectivity index (χ0v) is 11.3. The predicted molar refractivity (Wildman–Crippen MR) is 68.4 cm³/mol. The third-order valence-corrected chi connectivity index (χ3v) is 4.43. The van der Waals surface area contributed by atoms with Crippen LogP contribution in [0.5, 0.6) is 0 Å². The zero-order valence-electron chi connectivity index (χ0n) is 10.5. The van der Waals surface area contributed by atoms with E-state index in [1.165, 1.54) is 6.07 Å². The van der Waals surface area contributed by atoms with Crippen molar-refractivity contribution in [2.45, 2.75) is 10.6 Å². The second kappa shape index (κ2) is 5.58. The molecule has 3 nitrogen and oxygen atoms in total. The Kier molecular flexibility index (Phi) is 4.00. The highest BCUT2D eigenvalue weighted by Crippen LogP contribution is 2.21. The smallest absolute Gasteiger partial charge is 0.182 e. The fourth-order valence-corrected chi connectivity index (χ4v) is 3.07. The van der Waals surface area contributed by atoms with Crippen molar-refractivity contribution in [3.63, 3.8) is 0 Å². The van der Waals surface area contributed by atoms with Crippen LogP contribution in [-0.2, 0) is 15.6 Å². The fourth-order valence-electron chi connectivity index (χ4n) is 1.71. The normalized spacial score (nSPS) is 11.1. The molecular formula is C14H8F3NO2S. The molecule has 0 fully saturated rings. The third-order valence-electron chi connectivity index (χ3n) is 2.77. The largest absolute Gasteiger partial charge is 0.223 e. The minimum atomic E-state index is -4.06. The average Bonchev–Trinajstić information content (AvgIpc) is 2.44. The van der Waals surface area contributed by atoms with Gasteiger partial charge in [0.05, 0.1) is 22.3 Å². The second-order valence-corrected chi connectivity index (χ2v) is 6.24. The fraction of sp³-hybridized carbons (Fsp3) is 0.0714. The van der Waals surface area contributed by atoms with Crippen molar-refractivity contribution < 1.29 is 21.6 Å². The summed E-state index contributed by atoms with van der Waals surface area (Å²) in [6.45, 7) is 0. The Morgan fingerprint density at radius 3 is 2.24 bits per heavy atom. The molecule has 0 amide bonds. The molecule has 2 aromatic carbocycles. The van der Waals surface area contributed by atoms with Gasteiger partial charge < -0.3 is 0 Å². The Balaban J connectivity index is 2.42. The van der Waals surface area contributed by atoms with Gasteiger partial charge in [-0.3, -0.25) is 0 Å². The standard InChI is InChI=1S/C14H8F3NO2S/c15-12-3-1-9(7-18)5-10(12)8-21(19,20)11-2-4-13(16)14(17)6-11/h1-6H,8H2. The van der Waals surface area contributed by atoms with E-state index < -0.39 is 37.9 Å². The second-order valence-electron chi connectivity index (χ2n) is 4.25. The molecule has 21 heavy (non-hydrogen) atoms. The van der Waals surface area contributed by atoms with E-state index in [2.05, 4.69) is 0 Å². The van der Waals surface area contributed by atoms with Crippen LogP contribution in [0.1, 0.15) is 11.1 Å². The SMILES string of the molecule is N#Cc1ccc(F)c(CS(=O)(=O)c2ccc(F)c(F)c2)c1. The van der Waals surface area contributed by atoms with Crippen LogP contribution >= 0.6 is 0 Å². The molecule has 0 aliphatic rings. The van der Waals surface area contributed by atoms with E-state index in [0.29, 0.717) is 12.1 Å². The minimum Gasteiger partial charge on any atom is -0.223 e. The van der Waals surface area contributed by atoms with Gasteiger partial charge in [-0.1, -0.05) is 0 Å². The van der Waals surface area contributed by atoms with Gasteiger partial charge in [-0.25, -0.2) is 21.6 Å². The summed E-state index contributed by atoms with van der Waals surface area (Å²) in [6, 6.07) is 7.19. The molecule has 2 rings (SSSR count). The van der Waals surface area contributed by atoms with E-state index in [1.54, 1.807) is 6.07 Å². The average molecular weight is 311 g/mol. The highest BCUT2D eigenvalue weighted by Gasteiger charge is 2.19. The van der Waals surface area contributed by atoms with Crippen LogP contribution in [0.25, 0.3) is 0 Å². The molecule has 0 radical (unpaired) electrons. The van der Waals surface area contributed by atoms with Crippen LogP contribution in [0.15, 0.2) is 41.3 Å². The Hall–Kier alpha value is -2.33. The molecule has 0 saturated carbocycles. The number of nitrogens with zero attached hydrogens (tertiary/aromatic N) is 1. The maximum atomic E-state index is 13.6. The van der Waals surface area contributed by atoms with Gasteiger partial charge in [-0.2, -0.15) is 5.26 Å². The first-order valence-electron chi connectivity index (χ1n) is 5.70. The number of rotatable bonds is 3. The molecule has 0 unspecified atom stereocenters. The van der Waals surface area contributed by atoms with Crippen molar-refractivity contribution in [3.05, 3.63) is 65.0 Å². The van der Waals surface area contributed by atoms with E-state index in [1.807, 2.05) is 0 Å². The quantitative estimate of drug-likeness (QED) is 0.819. The number of benzene rings is 2. The van der Waals surface area contributed by atoms with Crippen LogP contribution < -0.4 is 0 Å². The molecule has 0 spiro atoms. The van der Waals surface area contributed by atoms with E-state index in [-0.39, 0.29) is 11.1 Å². The van der Waals surface area contributed by atoms with Crippen molar-refractivity contribution in [2.75, 3.05) is 0 Å². The summed E-state index contributed by atoms with van der Waals surface area (Å²) in [5.41, 5.74) is -0.106. The number of nitriles is 1. The van der Waals surface area contributed by atoms with Crippen molar-refractivity contribution >= 4 is 9.84 Å². The van der Waals surface area contributed by atoms with Gasteiger partial charge in [-0.15, -0.1) is 0 Å². The topological polar surface area (TPSA) is 57.9 Å². The first-order valence-corrected chi connectivity index (χ1v) is 7.35. The number of halogens is 3. The lowest BCUT2D eigenvalue weighted by atomic mass is 10.1. The number of hydrogen-bond acceptors (Lipinski definition) is 3. The summed E-state index contributed by atoms with van der Waals surface area (Å²) in [5.74, 6) is -4.02. The summed E-state index contributed by atoms with van der Waals surface area (Å²) >= 11 is 0. The predicted octanol–water partition coefficient (Wildman–Crippen LogP) is 2.95. The Labute approximate surface area is 119 Å².